The highest BCUT2D eigenvalue weighted by molar-refractivity contribution is 5.80. The van der Waals surface area contributed by atoms with Crippen molar-refractivity contribution in [1.82, 2.24) is 5.32 Å². The van der Waals surface area contributed by atoms with E-state index in [9.17, 15) is 18.0 Å². The van der Waals surface area contributed by atoms with Crippen LogP contribution in [0, 0.1) is 0 Å². The summed E-state index contributed by atoms with van der Waals surface area (Å²) in [6.45, 7) is 3.46. The van der Waals surface area contributed by atoms with Crippen LogP contribution in [0.4, 0.5) is 18.9 Å². The summed E-state index contributed by atoms with van der Waals surface area (Å²) >= 11 is 0. The van der Waals surface area contributed by atoms with Crippen LogP contribution in [-0.4, -0.2) is 18.6 Å². The number of likely N-dealkylation sites (N-methyl/N-ethyl adjacent to an activating group) is 1. The first-order valence-electron chi connectivity index (χ1n) is 5.66. The van der Waals surface area contributed by atoms with E-state index in [1.54, 1.807) is 6.92 Å². The van der Waals surface area contributed by atoms with Crippen molar-refractivity contribution < 1.29 is 22.7 Å². The van der Waals surface area contributed by atoms with Gasteiger partial charge in [0.05, 0.1) is 5.56 Å². The third-order valence-corrected chi connectivity index (χ3v) is 2.33. The Kier molecular flexibility index (Phi) is 4.63. The molecule has 7 heteroatoms. The zero-order chi connectivity index (χ0) is 14.6. The van der Waals surface area contributed by atoms with Gasteiger partial charge in [0.15, 0.2) is 6.10 Å². The lowest BCUT2D eigenvalue weighted by Crippen LogP contribution is -2.36. The molecule has 0 radical (unpaired) electrons. The second-order valence-electron chi connectivity index (χ2n) is 3.91. The highest BCUT2D eigenvalue weighted by Gasteiger charge is 2.35. The molecule has 19 heavy (non-hydrogen) atoms. The number of nitrogens with two attached hydrogens (primary N) is 1. The minimum atomic E-state index is -4.59. The second-order valence-corrected chi connectivity index (χ2v) is 3.91. The van der Waals surface area contributed by atoms with Gasteiger partial charge < -0.3 is 15.8 Å². The Morgan fingerprint density at radius 1 is 1.47 bits per heavy atom. The molecule has 0 aliphatic heterocycles. The van der Waals surface area contributed by atoms with E-state index in [0.29, 0.717) is 6.54 Å². The van der Waals surface area contributed by atoms with Gasteiger partial charge in [0.1, 0.15) is 5.75 Å². The quantitative estimate of drug-likeness (QED) is 0.828. The van der Waals surface area contributed by atoms with Gasteiger partial charge in [0, 0.05) is 12.2 Å². The lowest BCUT2D eigenvalue weighted by molar-refractivity contribution is -0.140. The molecule has 1 rings (SSSR count). The molecule has 0 aliphatic rings. The predicted molar refractivity (Wildman–Crippen MR) is 64.6 cm³/mol. The largest absolute Gasteiger partial charge is 0.480 e. The van der Waals surface area contributed by atoms with Crippen LogP contribution in [0.25, 0.3) is 0 Å². The summed E-state index contributed by atoms with van der Waals surface area (Å²) in [4.78, 5) is 11.4. The van der Waals surface area contributed by atoms with E-state index in [2.05, 4.69) is 5.32 Å². The zero-order valence-corrected chi connectivity index (χ0v) is 10.5. The van der Waals surface area contributed by atoms with Gasteiger partial charge in [-0.3, -0.25) is 4.79 Å². The summed E-state index contributed by atoms with van der Waals surface area (Å²) in [6.07, 6.45) is -5.62. The number of nitrogens with one attached hydrogen (secondary N) is 1. The average Bonchev–Trinajstić information content (AvgIpc) is 2.30. The van der Waals surface area contributed by atoms with Crippen molar-refractivity contribution in [2.45, 2.75) is 26.1 Å². The molecule has 1 aromatic rings. The number of ether oxygens (including phenoxy) is 1. The number of nitrogen functional groups attached to an aromatic ring is 1. The maximum atomic E-state index is 12.8. The molecule has 0 saturated carbocycles. The second kappa shape index (κ2) is 5.81. The summed E-state index contributed by atoms with van der Waals surface area (Å²) in [7, 11) is 0. The number of carbonyl (C=O) groups is 1. The number of halogens is 3. The van der Waals surface area contributed by atoms with Crippen molar-refractivity contribution in [3.8, 4) is 5.75 Å². The van der Waals surface area contributed by atoms with E-state index in [1.807, 2.05) is 0 Å². The zero-order valence-electron chi connectivity index (χ0n) is 10.5. The Morgan fingerprint density at radius 3 is 2.63 bits per heavy atom. The van der Waals surface area contributed by atoms with Gasteiger partial charge in [-0.25, -0.2) is 0 Å². The molecular weight excluding hydrogens is 261 g/mol. The Morgan fingerprint density at radius 2 is 2.11 bits per heavy atom. The highest BCUT2D eigenvalue weighted by Crippen LogP contribution is 2.37. The summed E-state index contributed by atoms with van der Waals surface area (Å²) in [6, 6.07) is 3.17. The molecule has 0 spiro atoms. The van der Waals surface area contributed by atoms with Crippen molar-refractivity contribution in [1.29, 1.82) is 0 Å². The van der Waals surface area contributed by atoms with Gasteiger partial charge in [-0.15, -0.1) is 0 Å². The fraction of sp³-hybridized carbons (Fsp3) is 0.417. The van der Waals surface area contributed by atoms with Crippen molar-refractivity contribution in [3.05, 3.63) is 23.8 Å². The fourth-order valence-electron chi connectivity index (χ4n) is 1.43. The third-order valence-electron chi connectivity index (χ3n) is 2.33. The first kappa shape index (κ1) is 15.1. The number of amides is 1. The smallest absolute Gasteiger partial charge is 0.420 e. The monoisotopic (exact) mass is 276 g/mol. The first-order valence-corrected chi connectivity index (χ1v) is 5.66. The van der Waals surface area contributed by atoms with Gasteiger partial charge in [0.2, 0.25) is 0 Å². The summed E-state index contributed by atoms with van der Waals surface area (Å²) < 4.78 is 43.4. The average molecular weight is 276 g/mol. The standard InChI is InChI=1S/C12H15F3N2O2/c1-3-17-11(18)7(2)19-10-5-4-8(16)6-9(10)12(13,14)15/h4-7H,3,16H2,1-2H3,(H,17,18). The predicted octanol–water partition coefficient (Wildman–Crippen LogP) is 2.19. The maximum absolute atomic E-state index is 12.8. The molecule has 1 aromatic carbocycles. The third kappa shape index (κ3) is 4.04. The molecule has 3 N–H and O–H groups in total. The lowest BCUT2D eigenvalue weighted by Gasteiger charge is -2.18. The number of benzene rings is 1. The Labute approximate surface area is 108 Å². The first-order chi connectivity index (χ1) is 8.75. The van der Waals surface area contributed by atoms with Crippen LogP contribution in [0.5, 0.6) is 5.75 Å². The molecule has 0 saturated heterocycles. The highest BCUT2D eigenvalue weighted by atomic mass is 19.4. The van der Waals surface area contributed by atoms with Gasteiger partial charge in [-0.05, 0) is 32.0 Å². The number of hydrogen-bond acceptors (Lipinski definition) is 3. The normalized spacial score (nSPS) is 12.9. The van der Waals surface area contributed by atoms with Gasteiger partial charge in [-0.1, -0.05) is 0 Å². The minimum Gasteiger partial charge on any atom is -0.480 e. The van der Waals surface area contributed by atoms with Crippen LogP contribution in [-0.2, 0) is 11.0 Å². The molecule has 0 aromatic heterocycles. The molecule has 0 fully saturated rings. The van der Waals surface area contributed by atoms with E-state index in [0.717, 1.165) is 12.1 Å². The Hall–Kier alpha value is -1.92. The van der Waals surface area contributed by atoms with Crippen molar-refractivity contribution >= 4 is 11.6 Å². The van der Waals surface area contributed by atoms with Crippen molar-refractivity contribution in [2.75, 3.05) is 12.3 Å². The van der Waals surface area contributed by atoms with E-state index in [4.69, 9.17) is 10.5 Å². The molecule has 1 atom stereocenters. The number of anilines is 1. The fourth-order valence-corrected chi connectivity index (χ4v) is 1.43. The van der Waals surface area contributed by atoms with E-state index in [-0.39, 0.29) is 5.69 Å². The van der Waals surface area contributed by atoms with Crippen molar-refractivity contribution in [3.63, 3.8) is 0 Å². The molecule has 106 valence electrons. The van der Waals surface area contributed by atoms with Crippen LogP contribution in [0.1, 0.15) is 19.4 Å². The summed E-state index contributed by atoms with van der Waals surface area (Å²) in [5.41, 5.74) is 4.31. The van der Waals surface area contributed by atoms with Crippen LogP contribution in [0.15, 0.2) is 18.2 Å². The Balaban J connectivity index is 2.98. The van der Waals surface area contributed by atoms with Gasteiger partial charge >= 0.3 is 6.18 Å². The molecule has 0 bridgehead atoms. The summed E-state index contributed by atoms with van der Waals surface area (Å²) in [5, 5.41) is 2.47. The SMILES string of the molecule is CCNC(=O)C(C)Oc1ccc(N)cc1C(F)(F)F. The molecule has 0 heterocycles. The van der Waals surface area contributed by atoms with E-state index < -0.39 is 29.5 Å². The number of alkyl halides is 3. The molecule has 1 amide bonds. The number of carbonyl (C=O) groups excluding carboxylic acids is 1. The van der Waals surface area contributed by atoms with Crippen molar-refractivity contribution in [2.24, 2.45) is 0 Å². The van der Waals surface area contributed by atoms with Gasteiger partial charge in [0.25, 0.3) is 5.91 Å². The van der Waals surface area contributed by atoms with E-state index >= 15 is 0 Å². The topological polar surface area (TPSA) is 64.3 Å². The molecule has 1 unspecified atom stereocenters. The van der Waals surface area contributed by atoms with Crippen LogP contribution in [0.3, 0.4) is 0 Å². The minimum absolute atomic E-state index is 0.0228. The Bertz CT molecular complexity index is 461. The maximum Gasteiger partial charge on any atom is 0.420 e. The lowest BCUT2D eigenvalue weighted by atomic mass is 10.1. The number of rotatable bonds is 4. The van der Waals surface area contributed by atoms with E-state index in [1.165, 1.54) is 13.0 Å². The van der Waals surface area contributed by atoms with Crippen LogP contribution >= 0.6 is 0 Å². The van der Waals surface area contributed by atoms with Gasteiger partial charge in [-0.2, -0.15) is 13.2 Å². The number of hydrogen-bond donors (Lipinski definition) is 2. The molecule has 4 nitrogen and oxygen atoms in total. The summed E-state index contributed by atoms with van der Waals surface area (Å²) in [5.74, 6) is -0.895. The van der Waals surface area contributed by atoms with Crippen LogP contribution < -0.4 is 15.8 Å². The molecule has 0 aliphatic carbocycles. The van der Waals surface area contributed by atoms with Crippen LogP contribution in [0.2, 0.25) is 0 Å². The molecular formula is C12H15F3N2O2.